The summed E-state index contributed by atoms with van der Waals surface area (Å²) >= 11 is 0. The summed E-state index contributed by atoms with van der Waals surface area (Å²) in [7, 11) is -3.24. The summed E-state index contributed by atoms with van der Waals surface area (Å²) in [6.07, 6.45) is 5.16. The molecule has 1 atom stereocenters. The maximum Gasteiger partial charge on any atom is 0.209 e. The van der Waals surface area contributed by atoms with Crippen LogP contribution in [0.25, 0.3) is 0 Å². The van der Waals surface area contributed by atoms with Crippen molar-refractivity contribution < 1.29 is 18.3 Å². The Hall–Kier alpha value is -0.210. The zero-order chi connectivity index (χ0) is 16.4. The van der Waals surface area contributed by atoms with E-state index in [2.05, 4.69) is 17.0 Å². The molecule has 0 aromatic rings. The van der Waals surface area contributed by atoms with Gasteiger partial charge in [-0.2, -0.15) is 0 Å². The topological polar surface area (TPSA) is 87.7 Å². The molecule has 6 nitrogen and oxygen atoms in total. The van der Waals surface area contributed by atoms with E-state index in [-0.39, 0.29) is 0 Å². The predicted octanol–water partition coefficient (Wildman–Crippen LogP) is 0.862. The Balaban J connectivity index is 3.67. The number of hydrogen-bond acceptors (Lipinski definition) is 5. The number of ether oxygens (including phenoxy) is 1. The van der Waals surface area contributed by atoms with Gasteiger partial charge in [0.2, 0.25) is 10.0 Å². The van der Waals surface area contributed by atoms with Crippen LogP contribution in [-0.4, -0.2) is 57.7 Å². The van der Waals surface area contributed by atoms with Crippen LogP contribution >= 0.6 is 0 Å². The van der Waals surface area contributed by atoms with Gasteiger partial charge in [0.25, 0.3) is 0 Å². The van der Waals surface area contributed by atoms with E-state index in [1.807, 2.05) is 0 Å². The molecule has 0 saturated carbocycles. The van der Waals surface area contributed by atoms with Crippen LogP contribution in [0.4, 0.5) is 0 Å². The number of aliphatic hydroxyl groups excluding tert-OH is 1. The van der Waals surface area contributed by atoms with Crippen molar-refractivity contribution in [3.63, 3.8) is 0 Å². The van der Waals surface area contributed by atoms with Crippen molar-refractivity contribution >= 4 is 10.0 Å². The average molecular weight is 324 g/mol. The first-order valence-electron chi connectivity index (χ1n) is 7.62. The zero-order valence-corrected chi connectivity index (χ0v) is 14.6. The molecule has 1 unspecified atom stereocenters. The van der Waals surface area contributed by atoms with Crippen LogP contribution in [0, 0.1) is 0 Å². The fourth-order valence-corrected chi connectivity index (χ4v) is 3.07. The van der Waals surface area contributed by atoms with Gasteiger partial charge < -0.3 is 15.2 Å². The molecule has 0 aliphatic heterocycles. The van der Waals surface area contributed by atoms with Crippen LogP contribution in [0.15, 0.2) is 0 Å². The molecule has 0 aliphatic rings. The van der Waals surface area contributed by atoms with E-state index in [4.69, 9.17) is 4.74 Å². The van der Waals surface area contributed by atoms with Gasteiger partial charge in [-0.3, -0.25) is 0 Å². The Bertz CT molecular complexity index is 358. The van der Waals surface area contributed by atoms with E-state index in [0.29, 0.717) is 26.3 Å². The molecule has 0 aromatic heterocycles. The Morgan fingerprint density at radius 2 is 1.90 bits per heavy atom. The van der Waals surface area contributed by atoms with E-state index in [9.17, 15) is 13.5 Å². The predicted molar refractivity (Wildman–Crippen MR) is 85.9 cm³/mol. The lowest BCUT2D eigenvalue weighted by molar-refractivity contribution is 0.0350. The van der Waals surface area contributed by atoms with Crippen molar-refractivity contribution in [3.8, 4) is 0 Å². The van der Waals surface area contributed by atoms with Gasteiger partial charge in [-0.15, -0.1) is 0 Å². The molecule has 3 N–H and O–H groups in total. The minimum atomic E-state index is -3.24. The lowest BCUT2D eigenvalue weighted by Gasteiger charge is -2.26. The molecule has 0 aliphatic carbocycles. The van der Waals surface area contributed by atoms with Crippen molar-refractivity contribution in [3.05, 3.63) is 0 Å². The van der Waals surface area contributed by atoms with Crippen LogP contribution < -0.4 is 10.0 Å². The molecule has 21 heavy (non-hydrogen) atoms. The smallest absolute Gasteiger partial charge is 0.209 e. The number of sulfonamides is 1. The van der Waals surface area contributed by atoms with E-state index in [0.717, 1.165) is 19.1 Å². The van der Waals surface area contributed by atoms with Crippen LogP contribution in [-0.2, 0) is 14.8 Å². The second-order valence-corrected chi connectivity index (χ2v) is 7.93. The minimum Gasteiger partial charge on any atom is -0.389 e. The summed E-state index contributed by atoms with van der Waals surface area (Å²) in [5.41, 5.74) is -0.589. The van der Waals surface area contributed by atoms with Gasteiger partial charge in [0.05, 0.1) is 19.0 Å². The van der Waals surface area contributed by atoms with E-state index in [1.54, 1.807) is 13.8 Å². The summed E-state index contributed by atoms with van der Waals surface area (Å²) in [6, 6.07) is 0. The average Bonchev–Trinajstić information content (AvgIpc) is 2.30. The minimum absolute atomic E-state index is 0.305. The normalized spacial score (nSPS) is 14.3. The van der Waals surface area contributed by atoms with Crippen LogP contribution in [0.3, 0.4) is 0 Å². The molecular weight excluding hydrogens is 292 g/mol. The maximum absolute atomic E-state index is 11.2. The number of nitrogens with one attached hydrogen (secondary N) is 2. The van der Waals surface area contributed by atoms with Crippen LogP contribution in [0.1, 0.15) is 46.5 Å². The Labute approximate surface area is 129 Å². The quantitative estimate of drug-likeness (QED) is 0.437. The van der Waals surface area contributed by atoms with Gasteiger partial charge in [0.15, 0.2) is 0 Å². The summed E-state index contributed by atoms with van der Waals surface area (Å²) in [4.78, 5) is 0. The van der Waals surface area contributed by atoms with Gasteiger partial charge in [0.1, 0.15) is 0 Å². The highest BCUT2D eigenvalue weighted by Gasteiger charge is 2.21. The summed E-state index contributed by atoms with van der Waals surface area (Å²) in [5, 5.41) is 12.8. The molecule has 128 valence electrons. The second kappa shape index (κ2) is 10.5. The molecule has 0 fully saturated rings. The molecule has 0 spiro atoms. The highest BCUT2D eigenvalue weighted by molar-refractivity contribution is 7.88. The Morgan fingerprint density at radius 3 is 2.48 bits per heavy atom. The molecule has 0 radical (unpaired) electrons. The van der Waals surface area contributed by atoms with Crippen molar-refractivity contribution in [1.82, 2.24) is 10.0 Å². The molecular formula is C14H32N2O4S. The molecule has 7 heteroatoms. The van der Waals surface area contributed by atoms with Crippen LogP contribution in [0.2, 0.25) is 0 Å². The number of hydrogen-bond donors (Lipinski definition) is 3. The number of rotatable bonds is 13. The summed E-state index contributed by atoms with van der Waals surface area (Å²) in [5.74, 6) is 0. The SMILES string of the molecule is CCCCCCOCC(O)CNCC(C)(C)NS(C)(=O)=O. The fourth-order valence-electron chi connectivity index (χ4n) is 2.00. The van der Waals surface area contributed by atoms with Gasteiger partial charge >= 0.3 is 0 Å². The lowest BCUT2D eigenvalue weighted by Crippen LogP contribution is -2.51. The van der Waals surface area contributed by atoms with E-state index >= 15 is 0 Å². The molecule has 0 saturated heterocycles. The Morgan fingerprint density at radius 1 is 1.24 bits per heavy atom. The monoisotopic (exact) mass is 324 g/mol. The third-order valence-corrected chi connectivity index (χ3v) is 3.78. The first-order chi connectivity index (χ1) is 9.66. The molecule has 0 bridgehead atoms. The first kappa shape index (κ1) is 20.8. The molecule has 0 amide bonds. The summed E-state index contributed by atoms with van der Waals surface area (Å²) < 4.78 is 30.3. The number of aliphatic hydroxyl groups is 1. The van der Waals surface area contributed by atoms with Gasteiger partial charge in [-0.25, -0.2) is 13.1 Å². The van der Waals surface area contributed by atoms with Crippen LogP contribution in [0.5, 0.6) is 0 Å². The highest BCUT2D eigenvalue weighted by Crippen LogP contribution is 2.02. The lowest BCUT2D eigenvalue weighted by atomic mass is 10.1. The van der Waals surface area contributed by atoms with Crippen molar-refractivity contribution in [2.24, 2.45) is 0 Å². The third-order valence-electron chi connectivity index (χ3n) is 2.86. The van der Waals surface area contributed by atoms with Gasteiger partial charge in [-0.05, 0) is 20.3 Å². The Kier molecular flexibility index (Phi) is 10.4. The fraction of sp³-hybridized carbons (Fsp3) is 1.00. The third kappa shape index (κ3) is 14.5. The summed E-state index contributed by atoms with van der Waals surface area (Å²) in [6.45, 7) is 7.54. The second-order valence-electron chi connectivity index (χ2n) is 6.18. The van der Waals surface area contributed by atoms with E-state index in [1.165, 1.54) is 12.8 Å². The largest absolute Gasteiger partial charge is 0.389 e. The standard InChI is InChI=1S/C14H32N2O4S/c1-5-6-7-8-9-20-11-13(17)10-15-12-14(2,3)16-21(4,18)19/h13,15-17H,5-12H2,1-4H3. The molecule has 0 aromatic carbocycles. The first-order valence-corrected chi connectivity index (χ1v) is 9.51. The zero-order valence-electron chi connectivity index (χ0n) is 13.8. The number of unbranched alkanes of at least 4 members (excludes halogenated alkanes) is 3. The van der Waals surface area contributed by atoms with Crippen molar-refractivity contribution in [2.75, 3.05) is 32.6 Å². The molecule has 0 rings (SSSR count). The van der Waals surface area contributed by atoms with Crippen molar-refractivity contribution in [2.45, 2.75) is 58.1 Å². The highest BCUT2D eigenvalue weighted by atomic mass is 32.2. The maximum atomic E-state index is 11.2. The van der Waals surface area contributed by atoms with Gasteiger partial charge in [0, 0.05) is 25.2 Å². The van der Waals surface area contributed by atoms with E-state index < -0.39 is 21.7 Å². The molecule has 0 heterocycles. The van der Waals surface area contributed by atoms with Crippen molar-refractivity contribution in [1.29, 1.82) is 0 Å². The van der Waals surface area contributed by atoms with Gasteiger partial charge in [-0.1, -0.05) is 26.2 Å².